The fourth-order valence-electron chi connectivity index (χ4n) is 3.71. The average molecular weight is 336 g/mol. The molecular formula is C21H24N2O2. The number of para-hydroxylation sites is 1. The molecular weight excluding hydrogens is 312 g/mol. The van der Waals surface area contributed by atoms with Crippen molar-refractivity contribution in [3.05, 3.63) is 65.7 Å². The summed E-state index contributed by atoms with van der Waals surface area (Å²) in [5.74, 6) is 1.13. The summed E-state index contributed by atoms with van der Waals surface area (Å²) >= 11 is 0. The Balaban J connectivity index is 1.31. The highest BCUT2D eigenvalue weighted by Gasteiger charge is 2.31. The molecule has 0 N–H and O–H groups in total. The summed E-state index contributed by atoms with van der Waals surface area (Å²) in [6, 6.07) is 18.6. The van der Waals surface area contributed by atoms with Gasteiger partial charge in [-0.1, -0.05) is 48.5 Å². The van der Waals surface area contributed by atoms with Crippen molar-refractivity contribution in [1.82, 2.24) is 9.80 Å². The van der Waals surface area contributed by atoms with Gasteiger partial charge in [-0.25, -0.2) is 0 Å². The molecule has 2 aromatic rings. The lowest BCUT2D eigenvalue weighted by Crippen LogP contribution is -2.51. The van der Waals surface area contributed by atoms with Crippen LogP contribution in [0.25, 0.3) is 0 Å². The Morgan fingerprint density at radius 3 is 2.48 bits per heavy atom. The van der Waals surface area contributed by atoms with Gasteiger partial charge in [0, 0.05) is 32.7 Å². The Kier molecular flexibility index (Phi) is 4.70. The first-order chi connectivity index (χ1) is 12.3. The van der Waals surface area contributed by atoms with Crippen LogP contribution in [0.5, 0.6) is 5.75 Å². The van der Waals surface area contributed by atoms with E-state index in [4.69, 9.17) is 4.74 Å². The van der Waals surface area contributed by atoms with Gasteiger partial charge in [-0.3, -0.25) is 9.69 Å². The number of hydrogen-bond donors (Lipinski definition) is 0. The standard InChI is InChI=1S/C21H24N2O2/c24-21(19-14-18-8-4-5-9-20(18)25-16-19)23-12-10-22(11-13-23)15-17-6-2-1-3-7-17/h1-9,19H,10-16H2. The van der Waals surface area contributed by atoms with Gasteiger partial charge in [0.2, 0.25) is 5.91 Å². The van der Waals surface area contributed by atoms with Gasteiger partial charge >= 0.3 is 0 Å². The number of piperazine rings is 1. The number of hydrogen-bond acceptors (Lipinski definition) is 3. The first-order valence-corrected chi connectivity index (χ1v) is 9.05. The molecule has 0 saturated carbocycles. The number of rotatable bonds is 3. The summed E-state index contributed by atoms with van der Waals surface area (Å²) < 4.78 is 5.79. The highest BCUT2D eigenvalue weighted by atomic mass is 16.5. The summed E-state index contributed by atoms with van der Waals surface area (Å²) in [4.78, 5) is 17.3. The van der Waals surface area contributed by atoms with Crippen molar-refractivity contribution in [3.63, 3.8) is 0 Å². The maximum Gasteiger partial charge on any atom is 0.229 e. The zero-order valence-electron chi connectivity index (χ0n) is 14.4. The SMILES string of the molecule is O=C(C1COc2ccccc2C1)N1CCN(Cc2ccccc2)CC1. The van der Waals surface area contributed by atoms with Crippen LogP contribution >= 0.6 is 0 Å². The van der Waals surface area contributed by atoms with Gasteiger partial charge in [0.25, 0.3) is 0 Å². The zero-order chi connectivity index (χ0) is 17.1. The van der Waals surface area contributed by atoms with E-state index in [1.807, 2.05) is 29.2 Å². The third-order valence-corrected chi connectivity index (χ3v) is 5.16. The van der Waals surface area contributed by atoms with Crippen molar-refractivity contribution >= 4 is 5.91 Å². The van der Waals surface area contributed by atoms with Crippen molar-refractivity contribution in [2.45, 2.75) is 13.0 Å². The number of benzene rings is 2. The lowest BCUT2D eigenvalue weighted by atomic mass is 9.95. The minimum Gasteiger partial charge on any atom is -0.492 e. The molecule has 2 aliphatic heterocycles. The van der Waals surface area contributed by atoms with Crippen molar-refractivity contribution < 1.29 is 9.53 Å². The van der Waals surface area contributed by atoms with Crippen LogP contribution in [0.2, 0.25) is 0 Å². The summed E-state index contributed by atoms with van der Waals surface area (Å²) in [7, 11) is 0. The van der Waals surface area contributed by atoms with E-state index in [0.717, 1.165) is 50.5 Å². The first-order valence-electron chi connectivity index (χ1n) is 9.05. The minimum absolute atomic E-state index is 0.0458. The van der Waals surface area contributed by atoms with E-state index in [-0.39, 0.29) is 11.8 Å². The van der Waals surface area contributed by atoms with Crippen LogP contribution in [0.3, 0.4) is 0 Å². The molecule has 4 nitrogen and oxygen atoms in total. The fraction of sp³-hybridized carbons (Fsp3) is 0.381. The monoisotopic (exact) mass is 336 g/mol. The molecule has 2 heterocycles. The molecule has 1 atom stereocenters. The second kappa shape index (κ2) is 7.28. The predicted octanol–water partition coefficient (Wildman–Crippen LogP) is 2.58. The van der Waals surface area contributed by atoms with Crippen LogP contribution in [-0.2, 0) is 17.8 Å². The van der Waals surface area contributed by atoms with Crippen molar-refractivity contribution in [2.75, 3.05) is 32.8 Å². The number of ether oxygens (including phenoxy) is 1. The predicted molar refractivity (Wildman–Crippen MR) is 97.4 cm³/mol. The van der Waals surface area contributed by atoms with Crippen LogP contribution in [-0.4, -0.2) is 48.5 Å². The molecule has 130 valence electrons. The zero-order valence-corrected chi connectivity index (χ0v) is 14.4. The van der Waals surface area contributed by atoms with E-state index in [1.54, 1.807) is 0 Å². The van der Waals surface area contributed by atoms with Crippen LogP contribution in [0.15, 0.2) is 54.6 Å². The lowest BCUT2D eigenvalue weighted by Gasteiger charge is -2.37. The lowest BCUT2D eigenvalue weighted by molar-refractivity contribution is -0.138. The second-order valence-electron chi connectivity index (χ2n) is 6.91. The molecule has 0 bridgehead atoms. The van der Waals surface area contributed by atoms with Gasteiger partial charge in [-0.05, 0) is 23.6 Å². The quantitative estimate of drug-likeness (QED) is 0.864. The van der Waals surface area contributed by atoms with Crippen LogP contribution < -0.4 is 4.74 Å². The van der Waals surface area contributed by atoms with E-state index >= 15 is 0 Å². The number of fused-ring (bicyclic) bond motifs is 1. The highest BCUT2D eigenvalue weighted by molar-refractivity contribution is 5.80. The normalized spacial score (nSPS) is 20.6. The first kappa shape index (κ1) is 16.2. The van der Waals surface area contributed by atoms with E-state index in [9.17, 15) is 4.79 Å². The van der Waals surface area contributed by atoms with Gasteiger partial charge in [0.15, 0.2) is 0 Å². The van der Waals surface area contributed by atoms with Gasteiger partial charge < -0.3 is 9.64 Å². The van der Waals surface area contributed by atoms with Crippen molar-refractivity contribution in [1.29, 1.82) is 0 Å². The summed E-state index contributed by atoms with van der Waals surface area (Å²) in [6.07, 6.45) is 0.791. The Bertz CT molecular complexity index is 724. The van der Waals surface area contributed by atoms with Crippen molar-refractivity contribution in [2.24, 2.45) is 5.92 Å². The van der Waals surface area contributed by atoms with E-state index in [1.165, 1.54) is 5.56 Å². The summed E-state index contributed by atoms with van der Waals surface area (Å²) in [5.41, 5.74) is 2.48. The van der Waals surface area contributed by atoms with E-state index in [0.29, 0.717) is 6.61 Å². The molecule has 2 aliphatic rings. The van der Waals surface area contributed by atoms with Gasteiger partial charge in [-0.15, -0.1) is 0 Å². The fourth-order valence-corrected chi connectivity index (χ4v) is 3.71. The molecule has 0 aliphatic carbocycles. The molecule has 4 heteroatoms. The number of carbonyl (C=O) groups is 1. The smallest absolute Gasteiger partial charge is 0.229 e. The van der Waals surface area contributed by atoms with Crippen molar-refractivity contribution in [3.8, 4) is 5.75 Å². The molecule has 0 radical (unpaired) electrons. The van der Waals surface area contributed by atoms with Gasteiger partial charge in [0.1, 0.15) is 12.4 Å². The molecule has 1 saturated heterocycles. The molecule has 2 aromatic carbocycles. The third-order valence-electron chi connectivity index (χ3n) is 5.16. The topological polar surface area (TPSA) is 32.8 Å². The van der Waals surface area contributed by atoms with E-state index in [2.05, 4.69) is 35.2 Å². The summed E-state index contributed by atoms with van der Waals surface area (Å²) in [5, 5.41) is 0. The molecule has 1 fully saturated rings. The number of nitrogens with zero attached hydrogens (tertiary/aromatic N) is 2. The Hall–Kier alpha value is -2.33. The Morgan fingerprint density at radius 1 is 0.960 bits per heavy atom. The highest BCUT2D eigenvalue weighted by Crippen LogP contribution is 2.28. The van der Waals surface area contributed by atoms with Crippen LogP contribution in [0, 0.1) is 5.92 Å². The Labute approximate surface area is 149 Å². The molecule has 0 spiro atoms. The average Bonchev–Trinajstić information content (AvgIpc) is 2.68. The number of carbonyl (C=O) groups excluding carboxylic acids is 1. The molecule has 0 aromatic heterocycles. The molecule has 4 rings (SSSR count). The molecule has 25 heavy (non-hydrogen) atoms. The third kappa shape index (κ3) is 3.69. The summed E-state index contributed by atoms with van der Waals surface area (Å²) in [6.45, 7) is 4.95. The number of amides is 1. The Morgan fingerprint density at radius 2 is 1.68 bits per heavy atom. The molecule has 1 unspecified atom stereocenters. The minimum atomic E-state index is -0.0458. The molecule has 1 amide bonds. The maximum absolute atomic E-state index is 12.9. The van der Waals surface area contributed by atoms with Crippen LogP contribution in [0.4, 0.5) is 0 Å². The maximum atomic E-state index is 12.9. The second-order valence-corrected chi connectivity index (χ2v) is 6.91. The van der Waals surface area contributed by atoms with E-state index < -0.39 is 0 Å². The van der Waals surface area contributed by atoms with Gasteiger partial charge in [-0.2, -0.15) is 0 Å². The van der Waals surface area contributed by atoms with Crippen LogP contribution in [0.1, 0.15) is 11.1 Å². The largest absolute Gasteiger partial charge is 0.492 e. The van der Waals surface area contributed by atoms with Gasteiger partial charge in [0.05, 0.1) is 5.92 Å².